The Labute approximate surface area is 356 Å². The van der Waals surface area contributed by atoms with Crippen LogP contribution in [0.1, 0.15) is 93.6 Å². The summed E-state index contributed by atoms with van der Waals surface area (Å²) in [5.74, 6) is 3.68. The normalized spacial score (nSPS) is 20.5. The van der Waals surface area contributed by atoms with E-state index < -0.39 is 19.5 Å². The van der Waals surface area contributed by atoms with E-state index in [0.29, 0.717) is 53.1 Å². The Balaban J connectivity index is 1.24. The number of ether oxygens (including phenoxy) is 2. The van der Waals surface area contributed by atoms with Crippen molar-refractivity contribution in [2.75, 3.05) is 37.7 Å². The Kier molecular flexibility index (Phi) is 10.9. The average molecular weight is 829 g/mol. The van der Waals surface area contributed by atoms with Crippen LogP contribution < -0.4 is 9.64 Å². The Morgan fingerprint density at radius 1 is 0.950 bits per heavy atom. The second-order valence-electron chi connectivity index (χ2n) is 19.8. The molecular weight excluding hydrogens is 768 g/mol. The fraction of sp³-hybridized carbons (Fsp3) is 0.510. The van der Waals surface area contributed by atoms with Gasteiger partial charge in [0.05, 0.1) is 23.0 Å². The molecule has 2 aromatic heterocycles. The van der Waals surface area contributed by atoms with Crippen LogP contribution in [0, 0.1) is 17.3 Å². The van der Waals surface area contributed by atoms with Crippen LogP contribution in [0.5, 0.6) is 6.01 Å². The fourth-order valence-corrected chi connectivity index (χ4v) is 16.3. The molecule has 1 amide bonds. The van der Waals surface area contributed by atoms with Crippen molar-refractivity contribution in [1.82, 2.24) is 24.8 Å². The molecule has 2 aromatic carbocycles. The van der Waals surface area contributed by atoms with Crippen molar-refractivity contribution in [1.29, 1.82) is 0 Å². The minimum absolute atomic E-state index is 0.0781. The lowest BCUT2D eigenvalue weighted by molar-refractivity contribution is 0.0122. The number of pyridine rings is 1. The van der Waals surface area contributed by atoms with E-state index in [1.54, 1.807) is 6.20 Å². The molecule has 0 aliphatic carbocycles. The maximum atomic E-state index is 17.6. The number of carbonyl (C=O) groups excluding carboxylic acids is 1. The summed E-state index contributed by atoms with van der Waals surface area (Å²) >= 11 is 0. The van der Waals surface area contributed by atoms with E-state index in [1.165, 1.54) is 0 Å². The van der Waals surface area contributed by atoms with Crippen LogP contribution in [0.2, 0.25) is 16.6 Å². The third-order valence-electron chi connectivity index (χ3n) is 13.6. The maximum absolute atomic E-state index is 17.6. The van der Waals surface area contributed by atoms with Crippen LogP contribution in [0.25, 0.3) is 32.9 Å². The van der Waals surface area contributed by atoms with E-state index >= 15 is 4.39 Å². The van der Waals surface area contributed by atoms with E-state index in [-0.39, 0.29) is 40.9 Å². The molecule has 0 radical (unpaired) electrons. The van der Waals surface area contributed by atoms with Crippen molar-refractivity contribution < 1.29 is 18.7 Å². The number of anilines is 1. The third-order valence-corrected chi connectivity index (χ3v) is 19.9. The molecule has 8 rings (SSSR count). The monoisotopic (exact) mass is 828 g/mol. The molecule has 4 saturated heterocycles. The largest absolute Gasteiger partial charge is 0.461 e. The Morgan fingerprint density at radius 3 is 2.17 bits per heavy atom. The number of carbonyl (C=O) groups is 1. The first-order chi connectivity index (χ1) is 28.4. The van der Waals surface area contributed by atoms with Gasteiger partial charge >= 0.3 is 12.1 Å². The summed E-state index contributed by atoms with van der Waals surface area (Å²) in [6.07, 6.45) is 4.69. The topological polar surface area (TPSA) is 83.9 Å². The quantitative estimate of drug-likeness (QED) is 0.0987. The van der Waals surface area contributed by atoms with Crippen LogP contribution in [-0.2, 0) is 4.74 Å². The maximum Gasteiger partial charge on any atom is 0.410 e. The molecule has 11 heteroatoms. The summed E-state index contributed by atoms with van der Waals surface area (Å²) in [4.78, 5) is 34.6. The van der Waals surface area contributed by atoms with Crippen molar-refractivity contribution in [3.63, 3.8) is 0 Å². The van der Waals surface area contributed by atoms with E-state index in [9.17, 15) is 4.79 Å². The second kappa shape index (κ2) is 15.6. The van der Waals surface area contributed by atoms with Crippen LogP contribution in [-0.4, -0.2) is 94.9 Å². The summed E-state index contributed by atoms with van der Waals surface area (Å²) in [5.41, 5.74) is 8.64. The minimum Gasteiger partial charge on any atom is -0.461 e. The van der Waals surface area contributed by atoms with Crippen LogP contribution in [0.3, 0.4) is 0 Å². The Bertz CT molecular complexity index is 2390. The van der Waals surface area contributed by atoms with Gasteiger partial charge < -0.3 is 14.4 Å². The molecule has 0 saturated carbocycles. The number of piperazine rings is 1. The summed E-state index contributed by atoms with van der Waals surface area (Å²) in [6.45, 7) is 31.1. The minimum atomic E-state index is -2.06. The molecule has 4 fully saturated rings. The summed E-state index contributed by atoms with van der Waals surface area (Å²) in [7, 11) is -2.06. The molecule has 2 unspecified atom stereocenters. The predicted octanol–water partition coefficient (Wildman–Crippen LogP) is 10.5. The summed E-state index contributed by atoms with van der Waals surface area (Å²) in [5, 5.41) is 2.34. The van der Waals surface area contributed by atoms with Crippen molar-refractivity contribution in [2.45, 2.75) is 128 Å². The first-order valence-corrected chi connectivity index (χ1v) is 24.0. The highest BCUT2D eigenvalue weighted by Crippen LogP contribution is 2.45. The molecule has 60 heavy (non-hydrogen) atoms. The number of halogens is 1. The molecule has 2 atom stereocenters. The van der Waals surface area contributed by atoms with Crippen LogP contribution >= 0.6 is 0 Å². The van der Waals surface area contributed by atoms with E-state index in [0.717, 1.165) is 66.3 Å². The van der Waals surface area contributed by atoms with Gasteiger partial charge in [0.2, 0.25) is 0 Å². The highest BCUT2D eigenvalue weighted by Gasteiger charge is 2.49. The molecular formula is C49H61FN6O3Si. The zero-order chi connectivity index (χ0) is 42.9. The lowest BCUT2D eigenvalue weighted by atomic mass is 9.92. The molecule has 4 aliphatic heterocycles. The van der Waals surface area contributed by atoms with E-state index in [4.69, 9.17) is 24.4 Å². The zero-order valence-corrected chi connectivity index (χ0v) is 38.0. The molecule has 6 heterocycles. The second-order valence-corrected chi connectivity index (χ2v) is 25.3. The van der Waals surface area contributed by atoms with Gasteiger partial charge in [-0.25, -0.2) is 9.18 Å². The van der Waals surface area contributed by atoms with Gasteiger partial charge in [-0.3, -0.25) is 14.8 Å². The molecule has 0 spiro atoms. The molecule has 2 bridgehead atoms. The molecule has 4 aromatic rings. The van der Waals surface area contributed by atoms with Gasteiger partial charge in [0.25, 0.3) is 0 Å². The molecule has 9 nitrogen and oxygen atoms in total. The smallest absolute Gasteiger partial charge is 0.410 e. The number of benzene rings is 2. The lowest BCUT2D eigenvalue weighted by Crippen LogP contribution is -2.57. The predicted molar refractivity (Wildman–Crippen MR) is 243 cm³/mol. The van der Waals surface area contributed by atoms with Crippen molar-refractivity contribution in [3.8, 4) is 28.7 Å². The van der Waals surface area contributed by atoms with Crippen molar-refractivity contribution in [3.05, 3.63) is 78.3 Å². The van der Waals surface area contributed by atoms with Crippen LogP contribution in [0.4, 0.5) is 15.0 Å². The Morgan fingerprint density at radius 2 is 1.57 bits per heavy atom. The van der Waals surface area contributed by atoms with E-state index in [1.807, 2.05) is 49.9 Å². The highest BCUT2D eigenvalue weighted by atomic mass is 28.3. The van der Waals surface area contributed by atoms with Crippen molar-refractivity contribution in [2.24, 2.45) is 0 Å². The summed E-state index contributed by atoms with van der Waals surface area (Å²) in [6, 6.07) is 12.0. The standard InChI is InChI=1S/C49H61FN6O3Si/c1-30(2)60(31(3)4,32(5)6)21-20-36-15-12-14-35-16-13-17-39(41(35)36)43-42(50)44-40(24-51-43)45(54-27-37-18-19-38(28-54)56(37)47(57)59-48(9,10)11)53-46(52-44)58-29-49-22-33(7)25-55(49)26-34(8)23-49/h12-17,24,30-32,37-38H,7-8,18-19,22-23,25-29H2,1-6,9-11H3. The van der Waals surface area contributed by atoms with Gasteiger partial charge in [0, 0.05) is 48.9 Å². The Hall–Kier alpha value is -4.79. The SMILES string of the molecule is C=C1CN2CC(=C)CC2(COc2nc(N3CC4CCC(C3)N4C(=O)OC(C)(C)C)c3cnc(-c4cccc5cccc(C#C[Si](C(C)C)(C(C)C)C(C)C)c45)c(F)c3n2)C1. The first-order valence-electron chi connectivity index (χ1n) is 21.8. The van der Waals surface area contributed by atoms with Gasteiger partial charge in [-0.15, -0.1) is 5.54 Å². The number of amides is 1. The van der Waals surface area contributed by atoms with Gasteiger partial charge in [-0.1, -0.05) is 102 Å². The first kappa shape index (κ1) is 41.9. The zero-order valence-electron chi connectivity index (χ0n) is 37.0. The fourth-order valence-electron chi connectivity index (χ4n) is 11.1. The van der Waals surface area contributed by atoms with Gasteiger partial charge in [-0.05, 0) is 74.5 Å². The summed E-state index contributed by atoms with van der Waals surface area (Å²) < 4.78 is 30.0. The van der Waals surface area contributed by atoms with Gasteiger partial charge in [0.1, 0.15) is 37.3 Å². The number of nitrogens with zero attached hydrogens (tertiary/aromatic N) is 6. The molecule has 316 valence electrons. The van der Waals surface area contributed by atoms with Crippen LogP contribution in [0.15, 0.2) is 66.9 Å². The van der Waals surface area contributed by atoms with Crippen molar-refractivity contribution >= 4 is 41.7 Å². The highest BCUT2D eigenvalue weighted by molar-refractivity contribution is 6.90. The van der Waals surface area contributed by atoms with Gasteiger partial charge in [-0.2, -0.15) is 9.97 Å². The lowest BCUT2D eigenvalue weighted by Gasteiger charge is -2.42. The third kappa shape index (κ3) is 7.38. The molecule has 4 aliphatic rings. The van der Waals surface area contributed by atoms with Gasteiger partial charge in [0.15, 0.2) is 5.82 Å². The number of rotatable bonds is 8. The van der Waals surface area contributed by atoms with E-state index in [2.05, 4.69) is 88.1 Å². The number of hydrogen-bond donors (Lipinski definition) is 0. The average Bonchev–Trinajstić information content (AvgIpc) is 3.75. The number of hydrogen-bond acceptors (Lipinski definition) is 8. The number of fused-ring (bicyclic) bond motifs is 5. The number of aromatic nitrogens is 3. The molecule has 0 N–H and O–H groups in total.